The van der Waals surface area contributed by atoms with Crippen LogP contribution in [0, 0.1) is 10.1 Å². The van der Waals surface area contributed by atoms with Crippen molar-refractivity contribution in [1.29, 1.82) is 0 Å². The van der Waals surface area contributed by atoms with E-state index >= 15 is 0 Å². The predicted octanol–water partition coefficient (Wildman–Crippen LogP) is 4.22. The van der Waals surface area contributed by atoms with Crippen LogP contribution in [0.1, 0.15) is 18.9 Å². The molecule has 0 bridgehead atoms. The highest BCUT2D eigenvalue weighted by atomic mass is 32.2. The van der Waals surface area contributed by atoms with Gasteiger partial charge in [-0.25, -0.2) is 0 Å². The molecule has 0 atom stereocenters. The third-order valence-corrected chi connectivity index (χ3v) is 5.66. The maximum Gasteiger partial charge on any atom is 0.269 e. The second-order valence-electron chi connectivity index (χ2n) is 6.44. The number of carbonyl (C=O) groups excluding carboxylic acids is 2. The summed E-state index contributed by atoms with van der Waals surface area (Å²) in [5, 5.41) is 13.5. The molecule has 1 saturated heterocycles. The molecule has 2 aromatic carbocycles. The van der Waals surface area contributed by atoms with Gasteiger partial charge in [-0.05, 0) is 55.0 Å². The lowest BCUT2D eigenvalue weighted by atomic mass is 10.2. The van der Waals surface area contributed by atoms with E-state index in [0.29, 0.717) is 27.1 Å². The number of rotatable bonds is 8. The Bertz CT molecular complexity index is 1040. The monoisotopic (exact) mass is 457 g/mol. The molecule has 0 spiro atoms. The number of carbonyl (C=O) groups is 2. The van der Waals surface area contributed by atoms with Crippen LogP contribution in [0.4, 0.5) is 11.4 Å². The van der Waals surface area contributed by atoms with E-state index in [1.165, 1.54) is 17.0 Å². The number of nitrogens with zero attached hydrogens (tertiary/aromatic N) is 2. The number of anilines is 1. The lowest BCUT2D eigenvalue weighted by Crippen LogP contribution is -2.31. The van der Waals surface area contributed by atoms with Crippen LogP contribution >= 0.6 is 24.0 Å². The number of amides is 2. The summed E-state index contributed by atoms with van der Waals surface area (Å²) in [6.07, 6.45) is 1.72. The van der Waals surface area contributed by atoms with Crippen molar-refractivity contribution in [1.82, 2.24) is 4.90 Å². The molecule has 1 heterocycles. The molecule has 1 fully saturated rings. The SMILES string of the molecule is CCOc1ccc(NC(=O)CCN2C(=O)/C(=C/c3ccc([N+](=O)[O-])cc3)SC2=S)cc1. The number of hydrogen-bond donors (Lipinski definition) is 1. The fourth-order valence-electron chi connectivity index (χ4n) is 2.77. The number of hydrogen-bond acceptors (Lipinski definition) is 7. The zero-order valence-electron chi connectivity index (χ0n) is 16.6. The predicted molar refractivity (Wildman–Crippen MR) is 124 cm³/mol. The molecule has 1 aliphatic heterocycles. The van der Waals surface area contributed by atoms with Crippen molar-refractivity contribution >= 4 is 57.6 Å². The molecule has 2 amide bonds. The molecule has 8 nitrogen and oxygen atoms in total. The molecule has 1 N–H and O–H groups in total. The van der Waals surface area contributed by atoms with Crippen LogP contribution in [0.2, 0.25) is 0 Å². The van der Waals surface area contributed by atoms with Gasteiger partial charge in [0, 0.05) is 30.8 Å². The number of nitro benzene ring substituents is 1. The highest BCUT2D eigenvalue weighted by molar-refractivity contribution is 8.26. The lowest BCUT2D eigenvalue weighted by Gasteiger charge is -2.14. The van der Waals surface area contributed by atoms with E-state index in [-0.39, 0.29) is 30.5 Å². The number of non-ortho nitro benzene ring substituents is 1. The molecule has 1 aliphatic rings. The molecule has 2 aromatic rings. The first-order chi connectivity index (χ1) is 14.9. The Kier molecular flexibility index (Phi) is 7.37. The van der Waals surface area contributed by atoms with Crippen molar-refractivity contribution in [2.24, 2.45) is 0 Å². The number of nitro groups is 1. The molecular formula is C21H19N3O5S2. The minimum Gasteiger partial charge on any atom is -0.494 e. The third-order valence-electron chi connectivity index (χ3n) is 4.29. The fraction of sp³-hybridized carbons (Fsp3) is 0.190. The van der Waals surface area contributed by atoms with Gasteiger partial charge in [0.1, 0.15) is 10.1 Å². The van der Waals surface area contributed by atoms with Gasteiger partial charge in [0.2, 0.25) is 5.91 Å². The van der Waals surface area contributed by atoms with E-state index < -0.39 is 4.92 Å². The van der Waals surface area contributed by atoms with Crippen molar-refractivity contribution in [3.8, 4) is 5.75 Å². The van der Waals surface area contributed by atoms with Crippen LogP contribution in [0.5, 0.6) is 5.75 Å². The van der Waals surface area contributed by atoms with Gasteiger partial charge >= 0.3 is 0 Å². The topological polar surface area (TPSA) is 102 Å². The summed E-state index contributed by atoms with van der Waals surface area (Å²) in [4.78, 5) is 37.0. The van der Waals surface area contributed by atoms with E-state index in [1.54, 1.807) is 42.5 Å². The highest BCUT2D eigenvalue weighted by Gasteiger charge is 2.32. The zero-order valence-corrected chi connectivity index (χ0v) is 18.2. The van der Waals surface area contributed by atoms with Gasteiger partial charge in [-0.3, -0.25) is 24.6 Å². The highest BCUT2D eigenvalue weighted by Crippen LogP contribution is 2.32. The molecule has 0 aliphatic carbocycles. The number of benzene rings is 2. The smallest absolute Gasteiger partial charge is 0.269 e. The third kappa shape index (κ3) is 5.89. The van der Waals surface area contributed by atoms with Crippen molar-refractivity contribution in [3.05, 3.63) is 69.1 Å². The molecule has 0 radical (unpaired) electrons. The summed E-state index contributed by atoms with van der Waals surface area (Å²) in [6.45, 7) is 2.61. The molecule has 3 rings (SSSR count). The minimum atomic E-state index is -0.484. The van der Waals surface area contributed by atoms with Gasteiger partial charge in [-0.1, -0.05) is 24.0 Å². The Morgan fingerprint density at radius 2 is 1.90 bits per heavy atom. The summed E-state index contributed by atoms with van der Waals surface area (Å²) < 4.78 is 5.73. The van der Waals surface area contributed by atoms with Crippen molar-refractivity contribution in [2.45, 2.75) is 13.3 Å². The number of thiocarbonyl (C=S) groups is 1. The number of ether oxygens (including phenoxy) is 1. The molecule has 31 heavy (non-hydrogen) atoms. The van der Waals surface area contributed by atoms with Gasteiger partial charge < -0.3 is 10.1 Å². The number of nitrogens with one attached hydrogen (secondary N) is 1. The van der Waals surface area contributed by atoms with Gasteiger partial charge in [0.25, 0.3) is 11.6 Å². The van der Waals surface area contributed by atoms with Gasteiger partial charge in [0.15, 0.2) is 0 Å². The zero-order chi connectivity index (χ0) is 22.4. The second kappa shape index (κ2) is 10.2. The van der Waals surface area contributed by atoms with Gasteiger partial charge in [-0.15, -0.1) is 0 Å². The van der Waals surface area contributed by atoms with Crippen LogP contribution in [-0.2, 0) is 9.59 Å². The molecule has 160 valence electrons. The lowest BCUT2D eigenvalue weighted by molar-refractivity contribution is -0.384. The summed E-state index contributed by atoms with van der Waals surface area (Å²) in [5.41, 5.74) is 1.26. The van der Waals surface area contributed by atoms with Crippen LogP contribution < -0.4 is 10.1 Å². The Labute approximate surface area is 188 Å². The quantitative estimate of drug-likeness (QED) is 0.274. The maximum absolute atomic E-state index is 12.7. The first-order valence-corrected chi connectivity index (χ1v) is 10.6. The Balaban J connectivity index is 1.57. The average Bonchev–Trinajstić information content (AvgIpc) is 3.01. The number of thioether (sulfide) groups is 1. The van der Waals surface area contributed by atoms with E-state index in [1.807, 2.05) is 6.92 Å². The van der Waals surface area contributed by atoms with Crippen LogP contribution in [0.3, 0.4) is 0 Å². The summed E-state index contributed by atoms with van der Waals surface area (Å²) in [7, 11) is 0. The second-order valence-corrected chi connectivity index (χ2v) is 8.11. The molecule has 0 unspecified atom stereocenters. The Morgan fingerprint density at radius 3 is 2.52 bits per heavy atom. The Morgan fingerprint density at radius 1 is 1.23 bits per heavy atom. The van der Waals surface area contributed by atoms with E-state index in [9.17, 15) is 19.7 Å². The summed E-state index contributed by atoms with van der Waals surface area (Å²) in [6, 6.07) is 12.9. The average molecular weight is 458 g/mol. The van der Waals surface area contributed by atoms with Crippen LogP contribution in [0.15, 0.2) is 53.4 Å². The fourth-order valence-corrected chi connectivity index (χ4v) is 4.08. The first-order valence-electron chi connectivity index (χ1n) is 9.40. The Hall–Kier alpha value is -3.24. The summed E-state index contributed by atoms with van der Waals surface area (Å²) in [5.74, 6) is 0.192. The van der Waals surface area contributed by atoms with Gasteiger partial charge in [0.05, 0.1) is 16.4 Å². The van der Waals surface area contributed by atoms with Crippen molar-refractivity contribution in [2.75, 3.05) is 18.5 Å². The summed E-state index contributed by atoms with van der Waals surface area (Å²) >= 11 is 6.42. The van der Waals surface area contributed by atoms with Crippen LogP contribution in [-0.4, -0.2) is 39.1 Å². The van der Waals surface area contributed by atoms with Crippen molar-refractivity contribution < 1.29 is 19.2 Å². The molecule has 0 aromatic heterocycles. The standard InChI is InChI=1S/C21H19N3O5S2/c1-2-29-17-9-5-15(6-10-17)22-19(25)11-12-23-20(26)18(31-21(23)30)13-14-3-7-16(8-4-14)24(27)28/h3-10,13H,2,11-12H2,1H3,(H,22,25)/b18-13-. The molecule has 0 saturated carbocycles. The first kappa shape index (κ1) is 22.4. The van der Waals surface area contributed by atoms with Gasteiger partial charge in [-0.2, -0.15) is 0 Å². The van der Waals surface area contributed by atoms with Crippen molar-refractivity contribution in [3.63, 3.8) is 0 Å². The van der Waals surface area contributed by atoms with Crippen LogP contribution in [0.25, 0.3) is 6.08 Å². The normalized spacial score (nSPS) is 14.7. The minimum absolute atomic E-state index is 0.0248. The maximum atomic E-state index is 12.7. The van der Waals surface area contributed by atoms with E-state index in [2.05, 4.69) is 5.32 Å². The molecular weight excluding hydrogens is 438 g/mol. The van der Waals surface area contributed by atoms with E-state index in [4.69, 9.17) is 17.0 Å². The molecule has 10 heteroatoms. The van der Waals surface area contributed by atoms with E-state index in [0.717, 1.165) is 17.5 Å². The largest absolute Gasteiger partial charge is 0.494 e.